The lowest BCUT2D eigenvalue weighted by Crippen LogP contribution is -2.23. The molecule has 5 rings (SSSR count). The Morgan fingerprint density at radius 3 is 2.63 bits per heavy atom. The minimum Gasteiger partial charge on any atom is -0.454 e. The lowest BCUT2D eigenvalue weighted by molar-refractivity contribution is 0.0952. The zero-order chi connectivity index (χ0) is 20.5. The van der Waals surface area contributed by atoms with Crippen LogP contribution in [0.4, 0.5) is 0 Å². The number of hydrogen-bond acceptors (Lipinski definition) is 4. The van der Waals surface area contributed by atoms with Crippen molar-refractivity contribution in [3.8, 4) is 22.8 Å². The van der Waals surface area contributed by atoms with Crippen molar-refractivity contribution in [1.82, 2.24) is 10.3 Å². The number of carbonyl (C=O) groups is 1. The first-order valence-electron chi connectivity index (χ1n) is 9.81. The third-order valence-corrected chi connectivity index (χ3v) is 5.20. The minimum absolute atomic E-state index is 0.129. The summed E-state index contributed by atoms with van der Waals surface area (Å²) in [6.07, 6.45) is 0. The topological polar surface area (TPSA) is 60.5 Å². The highest BCUT2D eigenvalue weighted by Crippen LogP contribution is 2.36. The Bertz CT molecular complexity index is 1250. The van der Waals surface area contributed by atoms with Gasteiger partial charge in [0.15, 0.2) is 11.5 Å². The van der Waals surface area contributed by atoms with Crippen LogP contribution in [-0.2, 0) is 6.54 Å². The summed E-state index contributed by atoms with van der Waals surface area (Å²) in [5, 5.41) is 3.86. The van der Waals surface area contributed by atoms with Crippen LogP contribution in [0.25, 0.3) is 22.2 Å². The van der Waals surface area contributed by atoms with Crippen LogP contribution in [0.1, 0.15) is 21.5 Å². The van der Waals surface area contributed by atoms with Gasteiger partial charge in [0.1, 0.15) is 0 Å². The molecule has 1 aliphatic heterocycles. The molecule has 0 saturated carbocycles. The van der Waals surface area contributed by atoms with Gasteiger partial charge in [-0.1, -0.05) is 48.0 Å². The summed E-state index contributed by atoms with van der Waals surface area (Å²) in [6.45, 7) is 2.73. The zero-order valence-electron chi connectivity index (χ0n) is 16.5. The number of fused-ring (bicyclic) bond motifs is 2. The quantitative estimate of drug-likeness (QED) is 0.535. The fraction of sp³-hybridized carbons (Fsp3) is 0.120. The van der Waals surface area contributed by atoms with E-state index in [0.29, 0.717) is 23.6 Å². The van der Waals surface area contributed by atoms with Crippen LogP contribution in [0.3, 0.4) is 0 Å². The molecular weight excluding hydrogens is 376 g/mol. The molecule has 0 fully saturated rings. The maximum absolute atomic E-state index is 13.1. The van der Waals surface area contributed by atoms with E-state index in [-0.39, 0.29) is 12.7 Å². The number of para-hydroxylation sites is 1. The molecule has 4 aromatic rings. The van der Waals surface area contributed by atoms with Crippen molar-refractivity contribution in [3.05, 3.63) is 89.5 Å². The van der Waals surface area contributed by atoms with E-state index in [0.717, 1.165) is 27.8 Å². The van der Waals surface area contributed by atoms with E-state index in [4.69, 9.17) is 14.5 Å². The summed E-state index contributed by atoms with van der Waals surface area (Å²) in [6, 6.07) is 23.4. The van der Waals surface area contributed by atoms with Gasteiger partial charge >= 0.3 is 0 Å². The second-order valence-electron chi connectivity index (χ2n) is 7.31. The first-order chi connectivity index (χ1) is 14.7. The molecule has 1 N–H and O–H groups in total. The predicted molar refractivity (Wildman–Crippen MR) is 116 cm³/mol. The van der Waals surface area contributed by atoms with Gasteiger partial charge < -0.3 is 14.8 Å². The van der Waals surface area contributed by atoms with Crippen molar-refractivity contribution in [3.63, 3.8) is 0 Å². The normalized spacial score (nSPS) is 12.2. The Morgan fingerprint density at radius 2 is 1.77 bits per heavy atom. The Balaban J connectivity index is 1.50. The summed E-state index contributed by atoms with van der Waals surface area (Å²) >= 11 is 0. The van der Waals surface area contributed by atoms with Gasteiger partial charge in [-0.15, -0.1) is 0 Å². The van der Waals surface area contributed by atoms with Crippen molar-refractivity contribution in [1.29, 1.82) is 0 Å². The number of rotatable bonds is 4. The fourth-order valence-corrected chi connectivity index (χ4v) is 3.55. The van der Waals surface area contributed by atoms with E-state index in [1.165, 1.54) is 5.56 Å². The lowest BCUT2D eigenvalue weighted by Gasteiger charge is -2.11. The zero-order valence-corrected chi connectivity index (χ0v) is 16.5. The van der Waals surface area contributed by atoms with Crippen LogP contribution in [0, 0.1) is 6.92 Å². The molecule has 5 nitrogen and oxygen atoms in total. The van der Waals surface area contributed by atoms with Gasteiger partial charge in [0.05, 0.1) is 16.8 Å². The number of aryl methyl sites for hydroxylation is 1. The lowest BCUT2D eigenvalue weighted by atomic mass is 10.0. The summed E-state index contributed by atoms with van der Waals surface area (Å²) in [5.41, 5.74) is 5.21. The molecule has 148 valence electrons. The summed E-state index contributed by atoms with van der Waals surface area (Å²) in [7, 11) is 0. The van der Waals surface area contributed by atoms with Crippen molar-refractivity contribution in [2.24, 2.45) is 0 Å². The first kappa shape index (κ1) is 18.2. The monoisotopic (exact) mass is 396 g/mol. The van der Waals surface area contributed by atoms with Gasteiger partial charge in [-0.05, 0) is 42.8 Å². The number of benzene rings is 3. The van der Waals surface area contributed by atoms with Crippen molar-refractivity contribution in [2.75, 3.05) is 6.79 Å². The second kappa shape index (κ2) is 7.52. The van der Waals surface area contributed by atoms with Crippen molar-refractivity contribution in [2.45, 2.75) is 13.5 Å². The first-order valence-corrected chi connectivity index (χ1v) is 9.81. The van der Waals surface area contributed by atoms with E-state index in [1.807, 2.05) is 79.7 Å². The number of pyridine rings is 1. The van der Waals surface area contributed by atoms with Gasteiger partial charge in [-0.3, -0.25) is 4.79 Å². The molecule has 1 aliphatic rings. The molecule has 0 aliphatic carbocycles. The summed E-state index contributed by atoms with van der Waals surface area (Å²) in [4.78, 5) is 17.9. The second-order valence-corrected chi connectivity index (χ2v) is 7.31. The van der Waals surface area contributed by atoms with Crippen LogP contribution in [0.5, 0.6) is 11.5 Å². The molecule has 1 amide bonds. The molecule has 5 heteroatoms. The fourth-order valence-electron chi connectivity index (χ4n) is 3.55. The largest absolute Gasteiger partial charge is 0.454 e. The van der Waals surface area contributed by atoms with E-state index in [2.05, 4.69) is 5.32 Å². The number of amides is 1. The molecule has 0 bridgehead atoms. The number of hydrogen-bond donors (Lipinski definition) is 1. The van der Waals surface area contributed by atoms with Crippen LogP contribution in [-0.4, -0.2) is 17.7 Å². The SMILES string of the molecule is Cc1ccc(CNC(=O)c2cc(-c3ccc4c(c3)OCO4)nc3ccccc23)cc1. The molecule has 2 heterocycles. The molecule has 1 aromatic heterocycles. The van der Waals surface area contributed by atoms with E-state index < -0.39 is 0 Å². The Kier molecular flexibility index (Phi) is 4.56. The van der Waals surface area contributed by atoms with Gasteiger partial charge in [0, 0.05) is 17.5 Å². The molecule has 0 atom stereocenters. The number of aromatic nitrogens is 1. The number of nitrogens with one attached hydrogen (secondary N) is 1. The number of nitrogens with zero attached hydrogens (tertiary/aromatic N) is 1. The average Bonchev–Trinajstić information content (AvgIpc) is 3.25. The molecule has 30 heavy (non-hydrogen) atoms. The highest BCUT2D eigenvalue weighted by atomic mass is 16.7. The highest BCUT2D eigenvalue weighted by molar-refractivity contribution is 6.07. The standard InChI is InChI=1S/C25H20N2O3/c1-16-6-8-17(9-7-16)14-26-25(28)20-13-22(27-21-5-3-2-4-19(20)21)18-10-11-23-24(12-18)30-15-29-23/h2-13H,14-15H2,1H3,(H,26,28). The highest BCUT2D eigenvalue weighted by Gasteiger charge is 2.17. The third kappa shape index (κ3) is 3.46. The number of carbonyl (C=O) groups excluding carboxylic acids is 1. The maximum atomic E-state index is 13.1. The Labute approximate surface area is 174 Å². The minimum atomic E-state index is -0.129. The maximum Gasteiger partial charge on any atom is 0.252 e. The van der Waals surface area contributed by atoms with Crippen LogP contribution in [0.15, 0.2) is 72.8 Å². The molecule has 0 saturated heterocycles. The van der Waals surface area contributed by atoms with Gasteiger partial charge in [-0.2, -0.15) is 0 Å². The van der Waals surface area contributed by atoms with Gasteiger partial charge in [-0.25, -0.2) is 4.98 Å². The smallest absolute Gasteiger partial charge is 0.252 e. The number of ether oxygens (including phenoxy) is 2. The molecule has 0 spiro atoms. The Morgan fingerprint density at radius 1 is 0.967 bits per heavy atom. The van der Waals surface area contributed by atoms with Crippen LogP contribution in [0.2, 0.25) is 0 Å². The van der Waals surface area contributed by atoms with E-state index in [9.17, 15) is 4.79 Å². The summed E-state index contributed by atoms with van der Waals surface area (Å²) < 4.78 is 10.9. The molecule has 0 radical (unpaired) electrons. The van der Waals surface area contributed by atoms with E-state index in [1.54, 1.807) is 0 Å². The summed E-state index contributed by atoms with van der Waals surface area (Å²) in [5.74, 6) is 1.28. The molecule has 0 unspecified atom stereocenters. The third-order valence-electron chi connectivity index (χ3n) is 5.20. The van der Waals surface area contributed by atoms with Gasteiger partial charge in [0.25, 0.3) is 5.91 Å². The average molecular weight is 396 g/mol. The van der Waals surface area contributed by atoms with E-state index >= 15 is 0 Å². The van der Waals surface area contributed by atoms with Crippen molar-refractivity contribution < 1.29 is 14.3 Å². The predicted octanol–water partition coefficient (Wildman–Crippen LogP) is 4.87. The van der Waals surface area contributed by atoms with Crippen LogP contribution < -0.4 is 14.8 Å². The van der Waals surface area contributed by atoms with Crippen LogP contribution >= 0.6 is 0 Å². The van der Waals surface area contributed by atoms with Crippen molar-refractivity contribution >= 4 is 16.8 Å². The Hall–Kier alpha value is -3.86. The molecular formula is C25H20N2O3. The molecule has 3 aromatic carbocycles. The van der Waals surface area contributed by atoms with Gasteiger partial charge in [0.2, 0.25) is 6.79 Å².